The fourth-order valence-electron chi connectivity index (χ4n) is 5.03. The van der Waals surface area contributed by atoms with Crippen LogP contribution in [0.5, 0.6) is 5.75 Å². The predicted octanol–water partition coefficient (Wildman–Crippen LogP) is 4.65. The highest BCUT2D eigenvalue weighted by molar-refractivity contribution is 7.46. The number of unbranched alkanes of at least 4 members (excludes halogenated alkanes) is 6. The Kier molecular flexibility index (Phi) is 27.1. The number of rotatable bonds is 23. The van der Waals surface area contributed by atoms with Crippen LogP contribution in [-0.2, 0) is 13.8 Å². The van der Waals surface area contributed by atoms with Crippen molar-refractivity contribution in [2.24, 2.45) is 0 Å². The first-order chi connectivity index (χ1) is 23.3. The largest absolute Gasteiger partial charge is 0.490 e. The van der Waals surface area contributed by atoms with Crippen molar-refractivity contribution < 1.29 is 38.6 Å². The molecule has 0 amide bonds. The van der Waals surface area contributed by atoms with Gasteiger partial charge in [0.15, 0.2) is 6.23 Å². The molecule has 15 heteroatoms. The molecule has 5 N–H and O–H groups in total. The lowest BCUT2D eigenvalue weighted by Crippen LogP contribution is -2.38. The summed E-state index contributed by atoms with van der Waals surface area (Å²) in [7, 11) is -3.60. The molecule has 2 rings (SSSR count). The lowest BCUT2D eigenvalue weighted by Gasteiger charge is -2.21. The SMILES string of the molecule is CCCCN(CCCC)CCCC.CCCCN(CCCC)CCCC.COc1cn([C@@H]2O[C@H](COP(=O)(O)O)[C@@H](O)[C@H]2O)c(=O)[nH]c1=O. The molecule has 0 aliphatic carbocycles. The molecule has 0 radical (unpaired) electrons. The van der Waals surface area contributed by atoms with Gasteiger partial charge in [0.2, 0.25) is 5.75 Å². The Morgan fingerprint density at radius 2 is 1.14 bits per heavy atom. The van der Waals surface area contributed by atoms with Crippen LogP contribution in [0.3, 0.4) is 0 Å². The molecule has 14 nitrogen and oxygen atoms in total. The second-order valence-corrected chi connectivity index (χ2v) is 13.7. The van der Waals surface area contributed by atoms with Crippen molar-refractivity contribution in [3.63, 3.8) is 0 Å². The van der Waals surface area contributed by atoms with Crippen LogP contribution in [0.2, 0.25) is 0 Å². The van der Waals surface area contributed by atoms with E-state index in [1.807, 2.05) is 4.98 Å². The molecule has 1 aliphatic heterocycles. The molecule has 49 heavy (non-hydrogen) atoms. The molecule has 1 saturated heterocycles. The minimum Gasteiger partial charge on any atom is -0.490 e. The number of H-pyrrole nitrogens is 1. The molecule has 2 heterocycles. The second-order valence-electron chi connectivity index (χ2n) is 12.5. The molecular formula is C34H69N4O10P. The zero-order chi connectivity index (χ0) is 37.2. The molecule has 1 fully saturated rings. The summed E-state index contributed by atoms with van der Waals surface area (Å²) in [5, 5.41) is 19.8. The van der Waals surface area contributed by atoms with Gasteiger partial charge in [-0.25, -0.2) is 9.36 Å². The summed E-state index contributed by atoms with van der Waals surface area (Å²) in [6, 6.07) is 0. The third kappa shape index (κ3) is 20.7. The number of nitrogens with one attached hydrogen (secondary N) is 1. The van der Waals surface area contributed by atoms with E-state index in [0.717, 1.165) is 10.8 Å². The van der Waals surface area contributed by atoms with Gasteiger partial charge in [0.25, 0.3) is 5.56 Å². The van der Waals surface area contributed by atoms with Crippen molar-refractivity contribution in [2.45, 2.75) is 143 Å². The van der Waals surface area contributed by atoms with Gasteiger partial charge in [0.1, 0.15) is 18.3 Å². The highest BCUT2D eigenvalue weighted by Gasteiger charge is 2.45. The topological polar surface area (TPSA) is 187 Å². The van der Waals surface area contributed by atoms with Crippen molar-refractivity contribution in [1.29, 1.82) is 0 Å². The van der Waals surface area contributed by atoms with Crippen molar-refractivity contribution in [3.05, 3.63) is 27.0 Å². The van der Waals surface area contributed by atoms with Gasteiger partial charge in [0.05, 0.1) is 19.9 Å². The van der Waals surface area contributed by atoms with E-state index in [-0.39, 0.29) is 5.75 Å². The van der Waals surface area contributed by atoms with E-state index in [1.54, 1.807) is 0 Å². The van der Waals surface area contributed by atoms with Crippen LogP contribution >= 0.6 is 7.82 Å². The number of phosphoric ester groups is 1. The van der Waals surface area contributed by atoms with Crippen molar-refractivity contribution >= 4 is 7.82 Å². The maximum atomic E-state index is 11.8. The first-order valence-corrected chi connectivity index (χ1v) is 19.9. The summed E-state index contributed by atoms with van der Waals surface area (Å²) in [6.45, 7) is 20.8. The Balaban J connectivity index is 0.000000763. The zero-order valence-corrected chi connectivity index (χ0v) is 32.2. The zero-order valence-electron chi connectivity index (χ0n) is 31.3. The number of phosphoric acid groups is 1. The second kappa shape index (κ2) is 28.0. The lowest BCUT2D eigenvalue weighted by molar-refractivity contribution is -0.0545. The Morgan fingerprint density at radius 3 is 1.47 bits per heavy atom. The summed E-state index contributed by atoms with van der Waals surface area (Å²) in [6.07, 6.45) is 11.3. The molecule has 0 bridgehead atoms. The van der Waals surface area contributed by atoms with E-state index in [9.17, 15) is 24.4 Å². The molecule has 1 aliphatic rings. The summed E-state index contributed by atoms with van der Waals surface area (Å²) < 4.78 is 25.6. The molecule has 1 aromatic rings. The average molecular weight is 725 g/mol. The van der Waals surface area contributed by atoms with E-state index < -0.39 is 50.2 Å². The number of aromatic amines is 1. The lowest BCUT2D eigenvalue weighted by atomic mass is 10.1. The minimum atomic E-state index is -4.79. The monoisotopic (exact) mass is 724 g/mol. The maximum Gasteiger partial charge on any atom is 0.469 e. The van der Waals surface area contributed by atoms with E-state index in [4.69, 9.17) is 19.3 Å². The van der Waals surface area contributed by atoms with E-state index in [1.165, 1.54) is 123 Å². The number of aliphatic hydroxyl groups is 2. The van der Waals surface area contributed by atoms with Crippen LogP contribution in [0.25, 0.3) is 0 Å². The Labute approximate surface area is 294 Å². The van der Waals surface area contributed by atoms with Gasteiger partial charge in [-0.1, -0.05) is 80.1 Å². The predicted molar refractivity (Wildman–Crippen MR) is 194 cm³/mol. The number of hydrogen-bond acceptors (Lipinski definition) is 10. The van der Waals surface area contributed by atoms with Crippen molar-refractivity contribution in [1.82, 2.24) is 19.4 Å². The minimum absolute atomic E-state index is 0.232. The molecule has 4 atom stereocenters. The summed E-state index contributed by atoms with van der Waals surface area (Å²) in [5.41, 5.74) is -1.72. The van der Waals surface area contributed by atoms with Gasteiger partial charge in [-0.15, -0.1) is 0 Å². The van der Waals surface area contributed by atoms with Crippen LogP contribution in [0.15, 0.2) is 15.8 Å². The number of hydrogen-bond donors (Lipinski definition) is 5. The Bertz CT molecular complexity index is 1050. The molecule has 0 unspecified atom stereocenters. The standard InChI is InChI=1S/2C12H27N.C10H15N2O10P/c2*1-4-7-10-13(11-8-5-2)12-9-6-3;1-20-4-2-12(10(16)11-8(4)15)9-7(14)6(13)5(22-9)3-21-23(17,18)19/h2*4-12H2,1-3H3;2,5-7,9,13-14H,3H2,1H3,(H,11,15,16)(H2,17,18,19)/t;;5-,6-,7-,9-/m..1/s1. The van der Waals surface area contributed by atoms with Gasteiger partial charge < -0.3 is 39.3 Å². The van der Waals surface area contributed by atoms with Gasteiger partial charge in [-0.05, 0) is 77.8 Å². The molecule has 1 aromatic heterocycles. The highest BCUT2D eigenvalue weighted by atomic mass is 31.2. The third-order valence-electron chi connectivity index (χ3n) is 8.14. The van der Waals surface area contributed by atoms with Crippen molar-refractivity contribution in [2.75, 3.05) is 53.0 Å². The van der Waals surface area contributed by atoms with Crippen LogP contribution in [0.1, 0.15) is 125 Å². The van der Waals surface area contributed by atoms with Gasteiger partial charge in [-0.3, -0.25) is 18.9 Å². The van der Waals surface area contributed by atoms with E-state index in [0.29, 0.717) is 0 Å². The van der Waals surface area contributed by atoms with Crippen LogP contribution in [0, 0.1) is 0 Å². The van der Waals surface area contributed by atoms with E-state index in [2.05, 4.69) is 55.9 Å². The van der Waals surface area contributed by atoms with Crippen LogP contribution in [0.4, 0.5) is 0 Å². The number of nitrogens with zero attached hydrogens (tertiary/aromatic N) is 3. The maximum absolute atomic E-state index is 11.8. The number of aromatic nitrogens is 2. The fourth-order valence-corrected chi connectivity index (χ4v) is 5.37. The number of methoxy groups -OCH3 is 1. The summed E-state index contributed by atoms with van der Waals surface area (Å²) in [5.74, 6) is -0.232. The molecule has 0 spiro atoms. The first-order valence-electron chi connectivity index (χ1n) is 18.4. The van der Waals surface area contributed by atoms with Gasteiger partial charge >= 0.3 is 13.5 Å². The fraction of sp³-hybridized carbons (Fsp3) is 0.882. The van der Waals surface area contributed by atoms with Crippen LogP contribution < -0.4 is 16.0 Å². The first kappa shape index (κ1) is 47.4. The Hall–Kier alpha value is -1.61. The normalized spacial score (nSPS) is 19.0. The molecule has 0 saturated carbocycles. The average Bonchev–Trinajstić information content (AvgIpc) is 3.35. The smallest absolute Gasteiger partial charge is 0.469 e. The molecular weight excluding hydrogens is 655 g/mol. The molecule has 290 valence electrons. The van der Waals surface area contributed by atoms with Gasteiger partial charge in [-0.2, -0.15) is 0 Å². The quantitative estimate of drug-likeness (QED) is 0.0986. The number of ether oxygens (including phenoxy) is 2. The highest BCUT2D eigenvalue weighted by Crippen LogP contribution is 2.38. The van der Waals surface area contributed by atoms with Gasteiger partial charge in [0, 0.05) is 0 Å². The van der Waals surface area contributed by atoms with Crippen molar-refractivity contribution in [3.8, 4) is 5.75 Å². The summed E-state index contributed by atoms with van der Waals surface area (Å²) in [4.78, 5) is 47.7. The Morgan fingerprint density at radius 1 is 0.755 bits per heavy atom. The number of aliphatic hydroxyl groups excluding tert-OH is 2. The molecule has 0 aromatic carbocycles. The van der Waals surface area contributed by atoms with Crippen LogP contribution in [-0.4, -0.2) is 111 Å². The van der Waals surface area contributed by atoms with E-state index >= 15 is 0 Å². The summed E-state index contributed by atoms with van der Waals surface area (Å²) >= 11 is 0. The third-order valence-corrected chi connectivity index (χ3v) is 8.63.